The third-order valence-corrected chi connectivity index (χ3v) is 15.2. The molecule has 5 aromatic rings. The van der Waals surface area contributed by atoms with Crippen molar-refractivity contribution >= 4 is 30.4 Å². The zero-order valence-corrected chi connectivity index (χ0v) is 34.1. The maximum absolute atomic E-state index is 13.1. The number of likely N-dealkylation sites (tertiary alicyclic amines) is 1. The van der Waals surface area contributed by atoms with Gasteiger partial charge in [-0.1, -0.05) is 93.6 Å². The first-order valence-electron chi connectivity index (χ1n) is 19.8. The summed E-state index contributed by atoms with van der Waals surface area (Å²) in [4.78, 5) is 14.4. The van der Waals surface area contributed by atoms with E-state index in [1.165, 1.54) is 22.5 Å². The van der Waals surface area contributed by atoms with Gasteiger partial charge >= 0.3 is 14.3 Å². The average molecular weight is 791 g/mol. The molecule has 0 bridgehead atoms. The van der Waals surface area contributed by atoms with Crippen LogP contribution in [0.2, 0.25) is 5.04 Å². The number of nitrogens with zero attached hydrogens (tertiary/aromatic N) is 1. The number of benzene rings is 5. The molecule has 4 N–H and O–H groups in total. The molecule has 1 saturated heterocycles. The first-order chi connectivity index (χ1) is 27.6. The number of aliphatic hydroxyl groups is 1. The van der Waals surface area contributed by atoms with Crippen LogP contribution in [0, 0.1) is 5.82 Å². The van der Waals surface area contributed by atoms with Gasteiger partial charge in [0, 0.05) is 44.5 Å². The summed E-state index contributed by atoms with van der Waals surface area (Å²) in [5, 5.41) is 22.6. The van der Waals surface area contributed by atoms with Crippen LogP contribution in [0.4, 0.5) is 14.9 Å². The van der Waals surface area contributed by atoms with E-state index in [1.807, 2.05) is 65.6 Å². The number of nitrogens with one attached hydrogen (secondary N) is 3. The molecule has 1 aliphatic rings. The van der Waals surface area contributed by atoms with Crippen molar-refractivity contribution in [2.45, 2.75) is 57.3 Å². The molecule has 1 atom stereocenters. The molecular formula is C46H55FN4O5Si. The lowest BCUT2D eigenvalue weighted by Crippen LogP contribution is -2.68. The van der Waals surface area contributed by atoms with E-state index in [0.717, 1.165) is 35.6 Å². The minimum Gasteiger partial charge on any atom is -0.534 e. The topological polar surface area (TPSA) is 104 Å². The van der Waals surface area contributed by atoms with Crippen molar-refractivity contribution in [3.05, 3.63) is 145 Å². The van der Waals surface area contributed by atoms with E-state index in [9.17, 15) is 14.3 Å². The van der Waals surface area contributed by atoms with Crippen LogP contribution in [-0.4, -0.2) is 75.9 Å². The Morgan fingerprint density at radius 1 is 0.789 bits per heavy atom. The summed E-state index contributed by atoms with van der Waals surface area (Å²) >= 11 is 0. The molecule has 6 rings (SSSR count). The monoisotopic (exact) mass is 790 g/mol. The fourth-order valence-corrected chi connectivity index (χ4v) is 11.6. The molecule has 0 aliphatic carbocycles. The number of urea groups is 1. The number of hydrogen-bond acceptors (Lipinski definition) is 7. The number of hydrogen-bond donors (Lipinski definition) is 4. The van der Waals surface area contributed by atoms with Gasteiger partial charge in [-0.2, -0.15) is 0 Å². The number of amides is 2. The van der Waals surface area contributed by atoms with E-state index in [4.69, 9.17) is 13.9 Å². The molecule has 0 unspecified atom stereocenters. The Labute approximate surface area is 337 Å². The summed E-state index contributed by atoms with van der Waals surface area (Å²) < 4.78 is 32.0. The lowest BCUT2D eigenvalue weighted by molar-refractivity contribution is 0.105. The maximum Gasteiger partial charge on any atom is 0.319 e. The van der Waals surface area contributed by atoms with E-state index >= 15 is 0 Å². The molecular weight excluding hydrogens is 736 g/mol. The Kier molecular flexibility index (Phi) is 14.2. The van der Waals surface area contributed by atoms with Gasteiger partial charge in [0.15, 0.2) is 0 Å². The smallest absolute Gasteiger partial charge is 0.319 e. The quantitative estimate of drug-likeness (QED) is 0.0597. The summed E-state index contributed by atoms with van der Waals surface area (Å²) in [6, 6.07) is 43.0. The Balaban J connectivity index is 0.872. The molecule has 1 heterocycles. The molecule has 2 amide bonds. The fraction of sp³-hybridized carbons (Fsp3) is 0.326. The van der Waals surface area contributed by atoms with Crippen LogP contribution in [0.25, 0.3) is 0 Å². The number of ether oxygens (including phenoxy) is 2. The van der Waals surface area contributed by atoms with Gasteiger partial charge in [0.05, 0.1) is 0 Å². The van der Waals surface area contributed by atoms with Gasteiger partial charge in [0.2, 0.25) is 0 Å². The molecule has 0 radical (unpaired) electrons. The molecule has 300 valence electrons. The minimum atomic E-state index is -2.73. The summed E-state index contributed by atoms with van der Waals surface area (Å²) in [5.41, 5.74) is 1.87. The van der Waals surface area contributed by atoms with Gasteiger partial charge in [-0.15, -0.1) is 0 Å². The van der Waals surface area contributed by atoms with Crippen LogP contribution < -0.4 is 40.2 Å². The predicted octanol–water partition coefficient (Wildman–Crippen LogP) is 6.96. The zero-order chi connectivity index (χ0) is 40.1. The van der Waals surface area contributed by atoms with Crippen molar-refractivity contribution in [2.75, 3.05) is 44.7 Å². The molecule has 0 saturated carbocycles. The van der Waals surface area contributed by atoms with Crippen molar-refractivity contribution in [1.29, 1.82) is 0 Å². The number of anilines is 1. The number of piperidine rings is 1. The van der Waals surface area contributed by atoms with Crippen molar-refractivity contribution in [3.8, 4) is 17.2 Å². The van der Waals surface area contributed by atoms with Crippen LogP contribution in [0.1, 0.15) is 39.2 Å². The van der Waals surface area contributed by atoms with Crippen molar-refractivity contribution in [3.63, 3.8) is 0 Å². The summed E-state index contributed by atoms with van der Waals surface area (Å²) in [5.74, 6) is 1.92. The summed E-state index contributed by atoms with van der Waals surface area (Å²) in [7, 11) is -2.73. The SMILES string of the molecule is CC(C)(C)[Si](Oc1ccc(OC[C@@H](O)CNCCOc2ccc(NC3CCN(C(=O)NCc4ccc(F)cc4)CC3)cc2)cc1)(c1ccccc1)c1ccccc1. The Hall–Kier alpha value is -5.36. The number of rotatable bonds is 17. The highest BCUT2D eigenvalue weighted by molar-refractivity contribution is 7.00. The van der Waals surface area contributed by atoms with E-state index < -0.39 is 14.4 Å². The lowest BCUT2D eigenvalue weighted by atomic mass is 10.0. The van der Waals surface area contributed by atoms with Crippen LogP contribution in [0.3, 0.4) is 0 Å². The van der Waals surface area contributed by atoms with Crippen molar-refractivity contribution < 1.29 is 28.2 Å². The predicted molar refractivity (Wildman–Crippen MR) is 228 cm³/mol. The number of carbonyl (C=O) groups excluding carboxylic acids is 1. The van der Waals surface area contributed by atoms with Crippen molar-refractivity contribution in [2.24, 2.45) is 0 Å². The number of carbonyl (C=O) groups is 1. The van der Waals surface area contributed by atoms with Gasteiger partial charge in [-0.25, -0.2) is 9.18 Å². The molecule has 1 aliphatic heterocycles. The molecule has 0 spiro atoms. The van der Waals surface area contributed by atoms with Gasteiger partial charge in [0.25, 0.3) is 0 Å². The minimum absolute atomic E-state index is 0.100. The van der Waals surface area contributed by atoms with Gasteiger partial charge in [0.1, 0.15) is 42.4 Å². The van der Waals surface area contributed by atoms with Gasteiger partial charge in [-0.05, 0) is 94.5 Å². The van der Waals surface area contributed by atoms with Gasteiger partial charge < -0.3 is 39.9 Å². The van der Waals surface area contributed by atoms with E-state index in [0.29, 0.717) is 45.1 Å². The van der Waals surface area contributed by atoms with E-state index in [2.05, 4.69) is 85.3 Å². The van der Waals surface area contributed by atoms with E-state index in [-0.39, 0.29) is 29.5 Å². The highest BCUT2D eigenvalue weighted by Gasteiger charge is 2.52. The molecule has 9 nitrogen and oxygen atoms in total. The molecule has 1 fully saturated rings. The third-order valence-electron chi connectivity index (χ3n) is 10.2. The Morgan fingerprint density at radius 2 is 1.35 bits per heavy atom. The second-order valence-corrected chi connectivity index (χ2v) is 19.7. The Morgan fingerprint density at radius 3 is 1.95 bits per heavy atom. The molecule has 57 heavy (non-hydrogen) atoms. The fourth-order valence-electron chi connectivity index (χ4n) is 7.19. The van der Waals surface area contributed by atoms with Crippen LogP contribution in [0.5, 0.6) is 17.2 Å². The number of halogens is 1. The first-order valence-corrected chi connectivity index (χ1v) is 21.7. The number of aliphatic hydroxyl groups excluding tert-OH is 1. The summed E-state index contributed by atoms with van der Waals surface area (Å²) in [6.45, 7) is 10.0. The van der Waals surface area contributed by atoms with Gasteiger partial charge in [-0.3, -0.25) is 0 Å². The maximum atomic E-state index is 13.1. The first kappa shape index (κ1) is 41.3. The molecule has 11 heteroatoms. The van der Waals surface area contributed by atoms with Crippen LogP contribution in [-0.2, 0) is 6.54 Å². The summed E-state index contributed by atoms with van der Waals surface area (Å²) in [6.07, 6.45) is 0.997. The average Bonchev–Trinajstić information content (AvgIpc) is 3.23. The Bertz CT molecular complexity index is 1920. The molecule has 0 aromatic heterocycles. The standard InChI is InChI=1S/C46H55FN4O5Si/c1-46(2,3)57(43-10-6-4-7-11-43,44-12-8-5-9-13-44)56-42-24-22-41(23-25-42)55-34-39(52)33-48-28-31-54-40-20-18-37(19-21-40)50-38-26-29-51(30-27-38)45(53)49-32-35-14-16-36(47)17-15-35/h4-25,38-39,48,50,52H,26-34H2,1-3H3,(H,49,53)/t39-/m0/s1. The highest BCUT2D eigenvalue weighted by Crippen LogP contribution is 2.38. The normalized spacial score (nSPS) is 14.1. The highest BCUT2D eigenvalue weighted by atomic mass is 28.4. The van der Waals surface area contributed by atoms with Crippen molar-refractivity contribution in [1.82, 2.24) is 15.5 Å². The largest absolute Gasteiger partial charge is 0.534 e. The molecule has 5 aromatic carbocycles. The second kappa shape index (κ2) is 19.7. The van der Waals surface area contributed by atoms with E-state index in [1.54, 1.807) is 12.1 Å². The zero-order valence-electron chi connectivity index (χ0n) is 33.1. The second-order valence-electron chi connectivity index (χ2n) is 15.5. The van der Waals surface area contributed by atoms with Crippen LogP contribution >= 0.6 is 0 Å². The third kappa shape index (κ3) is 11.4. The lowest BCUT2D eigenvalue weighted by Gasteiger charge is -2.43. The van der Waals surface area contributed by atoms with Crippen LogP contribution in [0.15, 0.2) is 133 Å².